The van der Waals surface area contributed by atoms with E-state index in [0.717, 1.165) is 0 Å². The molecule has 0 spiro atoms. The standard InChI is InChI=1S/C10H9FN2O2/c11-8-2-1-7(6-14)5-9(8)13-4-3-12-10(13)15/h1-2,5-6H,3-4H2,(H,12,15). The number of hydrogen-bond donors (Lipinski definition) is 1. The van der Waals surface area contributed by atoms with E-state index < -0.39 is 5.82 Å². The Morgan fingerprint density at radius 3 is 2.87 bits per heavy atom. The van der Waals surface area contributed by atoms with Gasteiger partial charge in [-0.3, -0.25) is 9.69 Å². The van der Waals surface area contributed by atoms with Crippen molar-refractivity contribution in [3.05, 3.63) is 29.6 Å². The molecule has 0 atom stereocenters. The van der Waals surface area contributed by atoms with Crippen LogP contribution in [0.2, 0.25) is 0 Å². The Balaban J connectivity index is 2.41. The number of nitrogens with zero attached hydrogens (tertiary/aromatic N) is 1. The molecule has 15 heavy (non-hydrogen) atoms. The van der Waals surface area contributed by atoms with E-state index in [9.17, 15) is 14.0 Å². The second-order valence-corrected chi connectivity index (χ2v) is 3.21. The van der Waals surface area contributed by atoms with Crippen molar-refractivity contribution in [2.75, 3.05) is 18.0 Å². The number of halogens is 1. The molecular formula is C10H9FN2O2. The third-order valence-electron chi connectivity index (χ3n) is 2.25. The minimum absolute atomic E-state index is 0.148. The molecule has 4 nitrogen and oxygen atoms in total. The number of rotatable bonds is 2. The number of carbonyl (C=O) groups is 2. The molecule has 1 aliphatic rings. The minimum Gasteiger partial charge on any atom is -0.336 e. The van der Waals surface area contributed by atoms with Crippen LogP contribution in [-0.4, -0.2) is 25.4 Å². The maximum atomic E-state index is 13.4. The van der Waals surface area contributed by atoms with Gasteiger partial charge in [-0.15, -0.1) is 0 Å². The number of benzene rings is 1. The van der Waals surface area contributed by atoms with Gasteiger partial charge in [0.15, 0.2) is 0 Å². The van der Waals surface area contributed by atoms with Crippen LogP contribution < -0.4 is 10.2 Å². The number of nitrogens with one attached hydrogen (secondary N) is 1. The molecule has 78 valence electrons. The lowest BCUT2D eigenvalue weighted by Gasteiger charge is -2.15. The highest BCUT2D eigenvalue weighted by atomic mass is 19.1. The Labute approximate surface area is 85.7 Å². The van der Waals surface area contributed by atoms with Crippen LogP contribution in [0.15, 0.2) is 18.2 Å². The van der Waals surface area contributed by atoms with E-state index >= 15 is 0 Å². The van der Waals surface area contributed by atoms with Crippen molar-refractivity contribution in [2.45, 2.75) is 0 Å². The first-order valence-electron chi connectivity index (χ1n) is 4.52. The van der Waals surface area contributed by atoms with E-state index in [1.807, 2.05) is 0 Å². The normalized spacial score (nSPS) is 15.3. The van der Waals surface area contributed by atoms with Crippen LogP contribution in [0.3, 0.4) is 0 Å². The van der Waals surface area contributed by atoms with E-state index in [0.29, 0.717) is 24.9 Å². The molecule has 1 aromatic rings. The molecule has 2 rings (SSSR count). The van der Waals surface area contributed by atoms with Crippen molar-refractivity contribution < 1.29 is 14.0 Å². The quantitative estimate of drug-likeness (QED) is 0.741. The Morgan fingerprint density at radius 1 is 1.47 bits per heavy atom. The van der Waals surface area contributed by atoms with Gasteiger partial charge in [-0.1, -0.05) is 0 Å². The minimum atomic E-state index is -0.502. The first kappa shape index (κ1) is 9.64. The average Bonchev–Trinajstić information content (AvgIpc) is 2.65. The molecule has 1 heterocycles. The third kappa shape index (κ3) is 1.68. The van der Waals surface area contributed by atoms with Crippen molar-refractivity contribution in [1.82, 2.24) is 5.32 Å². The van der Waals surface area contributed by atoms with E-state index in [1.165, 1.54) is 23.1 Å². The summed E-state index contributed by atoms with van der Waals surface area (Å²) in [6.45, 7) is 0.904. The summed E-state index contributed by atoms with van der Waals surface area (Å²) < 4.78 is 13.4. The summed E-state index contributed by atoms with van der Waals surface area (Å²) in [4.78, 5) is 23.1. The smallest absolute Gasteiger partial charge is 0.322 e. The van der Waals surface area contributed by atoms with Gasteiger partial charge < -0.3 is 5.32 Å². The van der Waals surface area contributed by atoms with Gasteiger partial charge in [0, 0.05) is 18.7 Å². The van der Waals surface area contributed by atoms with Gasteiger partial charge >= 0.3 is 6.03 Å². The van der Waals surface area contributed by atoms with E-state index in [4.69, 9.17) is 0 Å². The van der Waals surface area contributed by atoms with Crippen molar-refractivity contribution >= 4 is 18.0 Å². The second-order valence-electron chi connectivity index (χ2n) is 3.21. The molecular weight excluding hydrogens is 199 g/mol. The van der Waals surface area contributed by atoms with Gasteiger partial charge in [0.25, 0.3) is 0 Å². The fourth-order valence-electron chi connectivity index (χ4n) is 1.51. The molecule has 1 saturated heterocycles. The molecule has 2 amide bonds. The van der Waals surface area contributed by atoms with Crippen LogP contribution in [0.5, 0.6) is 0 Å². The zero-order valence-electron chi connectivity index (χ0n) is 7.87. The van der Waals surface area contributed by atoms with E-state index in [2.05, 4.69) is 5.32 Å². The molecule has 1 aromatic carbocycles. The predicted octanol–water partition coefficient (Wildman–Crippen LogP) is 1.17. The molecule has 5 heteroatoms. The van der Waals surface area contributed by atoms with Crippen LogP contribution in [0.1, 0.15) is 10.4 Å². The zero-order valence-corrected chi connectivity index (χ0v) is 7.87. The average molecular weight is 208 g/mol. The molecule has 1 aliphatic heterocycles. The van der Waals surface area contributed by atoms with Gasteiger partial charge in [0.2, 0.25) is 0 Å². The molecule has 0 bridgehead atoms. The topological polar surface area (TPSA) is 49.4 Å². The van der Waals surface area contributed by atoms with Gasteiger partial charge in [0.05, 0.1) is 5.69 Å². The lowest BCUT2D eigenvalue weighted by molar-refractivity contribution is 0.112. The highest BCUT2D eigenvalue weighted by Gasteiger charge is 2.23. The van der Waals surface area contributed by atoms with Crippen LogP contribution in [0.4, 0.5) is 14.9 Å². The predicted molar refractivity (Wildman–Crippen MR) is 52.5 cm³/mol. The van der Waals surface area contributed by atoms with Crippen molar-refractivity contribution in [3.8, 4) is 0 Å². The van der Waals surface area contributed by atoms with Crippen LogP contribution >= 0.6 is 0 Å². The number of hydrogen-bond acceptors (Lipinski definition) is 2. The van der Waals surface area contributed by atoms with Crippen LogP contribution in [0, 0.1) is 5.82 Å². The Bertz CT molecular complexity index is 420. The monoisotopic (exact) mass is 208 g/mol. The molecule has 0 aliphatic carbocycles. The lowest BCUT2D eigenvalue weighted by Crippen LogP contribution is -2.28. The van der Waals surface area contributed by atoms with Crippen molar-refractivity contribution in [2.24, 2.45) is 0 Å². The van der Waals surface area contributed by atoms with Crippen molar-refractivity contribution in [3.63, 3.8) is 0 Å². The zero-order chi connectivity index (χ0) is 10.8. The number of urea groups is 1. The lowest BCUT2D eigenvalue weighted by atomic mass is 10.2. The summed E-state index contributed by atoms with van der Waals surface area (Å²) in [5, 5.41) is 2.56. The third-order valence-corrected chi connectivity index (χ3v) is 2.25. The molecule has 0 saturated carbocycles. The first-order valence-corrected chi connectivity index (χ1v) is 4.52. The Kier molecular flexibility index (Phi) is 2.37. The maximum absolute atomic E-state index is 13.4. The largest absolute Gasteiger partial charge is 0.336 e. The van der Waals surface area contributed by atoms with Gasteiger partial charge in [-0.05, 0) is 18.2 Å². The summed E-state index contributed by atoms with van der Waals surface area (Å²) in [5.74, 6) is -0.502. The summed E-state index contributed by atoms with van der Waals surface area (Å²) in [7, 11) is 0. The van der Waals surface area contributed by atoms with Crippen molar-refractivity contribution in [1.29, 1.82) is 0 Å². The second kappa shape index (κ2) is 3.68. The van der Waals surface area contributed by atoms with Gasteiger partial charge in [-0.25, -0.2) is 9.18 Å². The van der Waals surface area contributed by atoms with Gasteiger partial charge in [-0.2, -0.15) is 0 Å². The summed E-state index contributed by atoms with van der Waals surface area (Å²) in [6, 6.07) is 3.59. The molecule has 0 unspecified atom stereocenters. The van der Waals surface area contributed by atoms with Crippen LogP contribution in [-0.2, 0) is 0 Å². The molecule has 0 radical (unpaired) electrons. The van der Waals surface area contributed by atoms with E-state index in [-0.39, 0.29) is 11.7 Å². The molecule has 1 fully saturated rings. The summed E-state index contributed by atoms with van der Waals surface area (Å²) >= 11 is 0. The number of aldehydes is 1. The Hall–Kier alpha value is -1.91. The number of amides is 2. The number of anilines is 1. The summed E-state index contributed by atoms with van der Waals surface area (Å²) in [6.07, 6.45) is 0.622. The maximum Gasteiger partial charge on any atom is 0.322 e. The van der Waals surface area contributed by atoms with Crippen LogP contribution in [0.25, 0.3) is 0 Å². The highest BCUT2D eigenvalue weighted by molar-refractivity contribution is 5.95. The fourth-order valence-corrected chi connectivity index (χ4v) is 1.51. The molecule has 0 aromatic heterocycles. The molecule has 1 N–H and O–H groups in total. The SMILES string of the molecule is O=Cc1ccc(F)c(N2CCNC2=O)c1. The van der Waals surface area contributed by atoms with E-state index in [1.54, 1.807) is 0 Å². The Morgan fingerprint density at radius 2 is 2.27 bits per heavy atom. The van der Waals surface area contributed by atoms with Gasteiger partial charge in [0.1, 0.15) is 12.1 Å². The fraction of sp³-hybridized carbons (Fsp3) is 0.200. The first-order chi connectivity index (χ1) is 7.22. The highest BCUT2D eigenvalue weighted by Crippen LogP contribution is 2.21. The summed E-state index contributed by atoms with van der Waals surface area (Å²) in [5.41, 5.74) is 0.501. The number of carbonyl (C=O) groups excluding carboxylic acids is 2.